The molecule has 0 saturated heterocycles. The van der Waals surface area contributed by atoms with Crippen molar-refractivity contribution in [3.05, 3.63) is 30.0 Å². The summed E-state index contributed by atoms with van der Waals surface area (Å²) in [6.45, 7) is 5.40. The molecule has 3 aromatic rings. The SMILES string of the molecule is Cc1nc(NCCn2cccn2)c2c(C)nn(C)c2n1. The number of nitrogens with zero attached hydrogens (tertiary/aromatic N) is 6. The predicted molar refractivity (Wildman–Crippen MR) is 76.5 cm³/mol. The van der Waals surface area contributed by atoms with Crippen molar-refractivity contribution in [2.75, 3.05) is 11.9 Å². The van der Waals surface area contributed by atoms with Crippen molar-refractivity contribution < 1.29 is 0 Å². The maximum atomic E-state index is 4.49. The summed E-state index contributed by atoms with van der Waals surface area (Å²) in [5.74, 6) is 1.58. The lowest BCUT2D eigenvalue weighted by Crippen LogP contribution is -2.12. The molecule has 3 aromatic heterocycles. The predicted octanol–water partition coefficient (Wildman–Crippen LogP) is 1.29. The first-order valence-corrected chi connectivity index (χ1v) is 6.54. The van der Waals surface area contributed by atoms with Crippen molar-refractivity contribution >= 4 is 16.9 Å². The topological polar surface area (TPSA) is 73.5 Å². The Labute approximate surface area is 116 Å². The molecule has 0 atom stereocenters. The normalized spacial score (nSPS) is 11.2. The molecule has 0 spiro atoms. The molecule has 3 rings (SSSR count). The summed E-state index contributed by atoms with van der Waals surface area (Å²) in [5.41, 5.74) is 1.79. The zero-order chi connectivity index (χ0) is 14.1. The molecule has 3 heterocycles. The Morgan fingerprint density at radius 2 is 2.10 bits per heavy atom. The maximum absolute atomic E-state index is 4.49. The Morgan fingerprint density at radius 1 is 1.25 bits per heavy atom. The van der Waals surface area contributed by atoms with Crippen LogP contribution in [0.1, 0.15) is 11.5 Å². The number of aromatic nitrogens is 6. The second-order valence-electron chi connectivity index (χ2n) is 4.72. The minimum Gasteiger partial charge on any atom is -0.367 e. The van der Waals surface area contributed by atoms with Gasteiger partial charge in [-0.05, 0) is 19.9 Å². The van der Waals surface area contributed by atoms with Gasteiger partial charge in [0.1, 0.15) is 11.6 Å². The molecule has 1 N–H and O–H groups in total. The van der Waals surface area contributed by atoms with Gasteiger partial charge in [0.05, 0.1) is 17.6 Å². The van der Waals surface area contributed by atoms with Crippen LogP contribution in [0.2, 0.25) is 0 Å². The smallest absolute Gasteiger partial charge is 0.163 e. The monoisotopic (exact) mass is 271 g/mol. The molecule has 0 aromatic carbocycles. The average Bonchev–Trinajstić information content (AvgIpc) is 2.99. The van der Waals surface area contributed by atoms with Crippen LogP contribution in [0, 0.1) is 13.8 Å². The van der Waals surface area contributed by atoms with Crippen molar-refractivity contribution in [1.82, 2.24) is 29.5 Å². The summed E-state index contributed by atoms with van der Waals surface area (Å²) >= 11 is 0. The number of aryl methyl sites for hydroxylation is 3. The van der Waals surface area contributed by atoms with E-state index in [2.05, 4.69) is 25.5 Å². The van der Waals surface area contributed by atoms with Crippen LogP contribution in [-0.2, 0) is 13.6 Å². The lowest BCUT2D eigenvalue weighted by molar-refractivity contribution is 0.637. The highest BCUT2D eigenvalue weighted by Gasteiger charge is 2.13. The molecule has 0 aliphatic heterocycles. The number of hydrogen-bond donors (Lipinski definition) is 1. The van der Waals surface area contributed by atoms with Crippen LogP contribution in [0.3, 0.4) is 0 Å². The standard InChI is InChI=1S/C13H17N7/c1-9-11-12(14-6-8-20-7-4-5-15-20)16-10(2)17-13(11)19(3)18-9/h4-5,7H,6,8H2,1-3H3,(H,14,16,17). The summed E-state index contributed by atoms with van der Waals surface area (Å²) in [4.78, 5) is 8.94. The molecule has 0 saturated carbocycles. The summed E-state index contributed by atoms with van der Waals surface area (Å²) in [5, 5.41) is 12.9. The molecule has 7 nitrogen and oxygen atoms in total. The first-order valence-electron chi connectivity index (χ1n) is 6.54. The first kappa shape index (κ1) is 12.6. The van der Waals surface area contributed by atoms with Crippen LogP contribution in [-0.4, -0.2) is 36.1 Å². The van der Waals surface area contributed by atoms with Crippen LogP contribution in [0.25, 0.3) is 11.0 Å². The van der Waals surface area contributed by atoms with Crippen molar-refractivity contribution in [3.8, 4) is 0 Å². The van der Waals surface area contributed by atoms with E-state index in [4.69, 9.17) is 0 Å². The van der Waals surface area contributed by atoms with Gasteiger partial charge >= 0.3 is 0 Å². The molecular weight excluding hydrogens is 254 g/mol. The first-order chi connectivity index (χ1) is 9.65. The molecule has 7 heteroatoms. The minimum atomic E-state index is 0.738. The lowest BCUT2D eigenvalue weighted by Gasteiger charge is -2.08. The highest BCUT2D eigenvalue weighted by molar-refractivity contribution is 5.89. The molecule has 0 radical (unpaired) electrons. The summed E-state index contributed by atoms with van der Waals surface area (Å²) in [7, 11) is 1.90. The van der Waals surface area contributed by atoms with E-state index in [1.54, 1.807) is 10.9 Å². The Morgan fingerprint density at radius 3 is 2.85 bits per heavy atom. The fraction of sp³-hybridized carbons (Fsp3) is 0.385. The van der Waals surface area contributed by atoms with Gasteiger partial charge in [-0.3, -0.25) is 9.36 Å². The molecule has 0 aliphatic carbocycles. The molecule has 0 fully saturated rings. The minimum absolute atomic E-state index is 0.738. The lowest BCUT2D eigenvalue weighted by atomic mass is 10.3. The molecule has 0 unspecified atom stereocenters. The third-order valence-corrected chi connectivity index (χ3v) is 3.16. The molecule has 104 valence electrons. The highest BCUT2D eigenvalue weighted by Crippen LogP contribution is 2.22. The number of hydrogen-bond acceptors (Lipinski definition) is 5. The summed E-state index contributed by atoms with van der Waals surface area (Å²) in [6.07, 6.45) is 3.72. The third kappa shape index (κ3) is 2.22. The van der Waals surface area contributed by atoms with Crippen LogP contribution in [0.15, 0.2) is 18.5 Å². The Bertz CT molecular complexity index is 727. The van der Waals surface area contributed by atoms with Gasteiger partial charge in [-0.2, -0.15) is 10.2 Å². The van der Waals surface area contributed by atoms with Crippen LogP contribution in [0.5, 0.6) is 0 Å². The fourth-order valence-electron chi connectivity index (χ4n) is 2.30. The van der Waals surface area contributed by atoms with E-state index in [1.165, 1.54) is 0 Å². The van der Waals surface area contributed by atoms with Gasteiger partial charge in [-0.15, -0.1) is 0 Å². The van der Waals surface area contributed by atoms with E-state index in [0.29, 0.717) is 0 Å². The quantitative estimate of drug-likeness (QED) is 0.774. The van der Waals surface area contributed by atoms with Crippen molar-refractivity contribution in [2.45, 2.75) is 20.4 Å². The molecule has 20 heavy (non-hydrogen) atoms. The average molecular weight is 271 g/mol. The number of nitrogens with one attached hydrogen (secondary N) is 1. The van der Waals surface area contributed by atoms with Crippen molar-refractivity contribution in [3.63, 3.8) is 0 Å². The highest BCUT2D eigenvalue weighted by atomic mass is 15.3. The van der Waals surface area contributed by atoms with E-state index in [9.17, 15) is 0 Å². The Kier molecular flexibility index (Phi) is 3.09. The fourth-order valence-corrected chi connectivity index (χ4v) is 2.30. The molecule has 0 amide bonds. The van der Waals surface area contributed by atoms with Gasteiger partial charge in [-0.1, -0.05) is 0 Å². The van der Waals surface area contributed by atoms with Gasteiger partial charge in [0.25, 0.3) is 0 Å². The Balaban J connectivity index is 1.86. The number of rotatable bonds is 4. The van der Waals surface area contributed by atoms with Gasteiger partial charge in [0, 0.05) is 26.0 Å². The maximum Gasteiger partial charge on any atom is 0.163 e. The second kappa shape index (κ2) is 4.92. The van der Waals surface area contributed by atoms with Gasteiger partial charge in [0.15, 0.2) is 5.65 Å². The van der Waals surface area contributed by atoms with Gasteiger partial charge in [-0.25, -0.2) is 9.97 Å². The Hall–Kier alpha value is -2.44. The van der Waals surface area contributed by atoms with Crippen LogP contribution >= 0.6 is 0 Å². The number of fused-ring (bicyclic) bond motifs is 1. The molecular formula is C13H17N7. The molecule has 0 bridgehead atoms. The van der Waals surface area contributed by atoms with Crippen molar-refractivity contribution in [2.24, 2.45) is 7.05 Å². The van der Waals surface area contributed by atoms with Crippen molar-refractivity contribution in [1.29, 1.82) is 0 Å². The second-order valence-corrected chi connectivity index (χ2v) is 4.72. The summed E-state index contributed by atoms with van der Waals surface area (Å²) in [6, 6.07) is 1.91. The number of anilines is 1. The van der Waals surface area contributed by atoms with E-state index in [0.717, 1.165) is 41.5 Å². The zero-order valence-corrected chi connectivity index (χ0v) is 11.8. The zero-order valence-electron chi connectivity index (χ0n) is 11.8. The molecule has 0 aliphatic rings. The van der Waals surface area contributed by atoms with Crippen LogP contribution < -0.4 is 5.32 Å². The van der Waals surface area contributed by atoms with E-state index in [-0.39, 0.29) is 0 Å². The van der Waals surface area contributed by atoms with Gasteiger partial charge < -0.3 is 5.32 Å². The van der Waals surface area contributed by atoms with E-state index in [1.807, 2.05) is 37.8 Å². The largest absolute Gasteiger partial charge is 0.367 e. The third-order valence-electron chi connectivity index (χ3n) is 3.16. The van der Waals surface area contributed by atoms with Crippen LogP contribution in [0.4, 0.5) is 5.82 Å². The van der Waals surface area contributed by atoms with E-state index < -0.39 is 0 Å². The van der Waals surface area contributed by atoms with Gasteiger partial charge in [0.2, 0.25) is 0 Å². The summed E-state index contributed by atoms with van der Waals surface area (Å²) < 4.78 is 3.67. The van der Waals surface area contributed by atoms with E-state index >= 15 is 0 Å².